The summed E-state index contributed by atoms with van der Waals surface area (Å²) >= 11 is 5.90. The second-order valence-electron chi connectivity index (χ2n) is 6.02. The first kappa shape index (κ1) is 14.7. The lowest BCUT2D eigenvalue weighted by Crippen LogP contribution is -2.45. The Balaban J connectivity index is 1.70. The van der Waals surface area contributed by atoms with Crippen LogP contribution in [0.25, 0.3) is 0 Å². The van der Waals surface area contributed by atoms with Crippen molar-refractivity contribution in [2.45, 2.75) is 31.7 Å². The minimum atomic E-state index is 0.0135. The molecule has 114 valence electrons. The maximum Gasteiger partial charge on any atom is 0.253 e. The SMILES string of the molecule is O=C(c1ccc(O)c(Cl)c1)N1CCCC(C2CCCN2)C1. The molecule has 2 fully saturated rings. The molecule has 5 heteroatoms. The summed E-state index contributed by atoms with van der Waals surface area (Å²) in [4.78, 5) is 14.5. The molecule has 0 saturated carbocycles. The van der Waals surface area contributed by atoms with Gasteiger partial charge in [-0.1, -0.05) is 11.6 Å². The fourth-order valence-electron chi connectivity index (χ4n) is 3.46. The summed E-state index contributed by atoms with van der Waals surface area (Å²) in [5.74, 6) is 0.581. The van der Waals surface area contributed by atoms with Gasteiger partial charge in [0.05, 0.1) is 5.02 Å². The molecule has 4 nitrogen and oxygen atoms in total. The summed E-state index contributed by atoms with van der Waals surface area (Å²) < 4.78 is 0. The third-order valence-corrected chi connectivity index (χ3v) is 4.91. The van der Waals surface area contributed by atoms with E-state index in [1.54, 1.807) is 12.1 Å². The van der Waals surface area contributed by atoms with E-state index in [9.17, 15) is 9.90 Å². The van der Waals surface area contributed by atoms with Crippen molar-refractivity contribution in [3.05, 3.63) is 28.8 Å². The number of phenolic OH excluding ortho intramolecular Hbond substituents is 1. The van der Waals surface area contributed by atoms with E-state index in [0.717, 1.165) is 26.1 Å². The molecule has 2 aliphatic rings. The molecule has 2 heterocycles. The summed E-state index contributed by atoms with van der Waals surface area (Å²) in [5, 5.41) is 13.2. The number of nitrogens with zero attached hydrogens (tertiary/aromatic N) is 1. The number of likely N-dealkylation sites (tertiary alicyclic amines) is 1. The van der Waals surface area contributed by atoms with Crippen LogP contribution in [0.4, 0.5) is 0 Å². The molecule has 0 bridgehead atoms. The first-order valence-corrected chi connectivity index (χ1v) is 8.04. The van der Waals surface area contributed by atoms with Crippen molar-refractivity contribution in [3.63, 3.8) is 0 Å². The van der Waals surface area contributed by atoms with Crippen molar-refractivity contribution in [1.82, 2.24) is 10.2 Å². The number of rotatable bonds is 2. The van der Waals surface area contributed by atoms with E-state index in [2.05, 4.69) is 5.32 Å². The third kappa shape index (κ3) is 3.16. The van der Waals surface area contributed by atoms with Gasteiger partial charge in [-0.2, -0.15) is 0 Å². The van der Waals surface area contributed by atoms with Crippen LogP contribution in [0.2, 0.25) is 5.02 Å². The molecule has 0 spiro atoms. The smallest absolute Gasteiger partial charge is 0.253 e. The monoisotopic (exact) mass is 308 g/mol. The van der Waals surface area contributed by atoms with Crippen LogP contribution in [-0.2, 0) is 0 Å². The average molecular weight is 309 g/mol. The van der Waals surface area contributed by atoms with Crippen molar-refractivity contribution in [3.8, 4) is 5.75 Å². The normalized spacial score (nSPS) is 26.0. The Hall–Kier alpha value is -1.26. The number of hydrogen-bond acceptors (Lipinski definition) is 3. The van der Waals surface area contributed by atoms with Crippen LogP contribution >= 0.6 is 11.6 Å². The molecule has 1 aromatic rings. The Morgan fingerprint density at radius 1 is 1.33 bits per heavy atom. The summed E-state index contributed by atoms with van der Waals surface area (Å²) in [6.07, 6.45) is 4.71. The van der Waals surface area contributed by atoms with Crippen LogP contribution in [0.15, 0.2) is 18.2 Å². The molecule has 2 saturated heterocycles. The van der Waals surface area contributed by atoms with Crippen molar-refractivity contribution in [2.24, 2.45) is 5.92 Å². The molecule has 1 amide bonds. The summed E-state index contributed by atoms with van der Waals surface area (Å²) in [6, 6.07) is 5.23. The van der Waals surface area contributed by atoms with Crippen LogP contribution in [0.5, 0.6) is 5.75 Å². The van der Waals surface area contributed by atoms with E-state index < -0.39 is 0 Å². The predicted octanol–water partition coefficient (Wildman–Crippen LogP) is 2.65. The first-order chi connectivity index (χ1) is 10.1. The molecule has 2 aliphatic heterocycles. The number of aromatic hydroxyl groups is 1. The van der Waals surface area contributed by atoms with Crippen molar-refractivity contribution < 1.29 is 9.90 Å². The molecule has 21 heavy (non-hydrogen) atoms. The zero-order valence-electron chi connectivity index (χ0n) is 12.0. The average Bonchev–Trinajstić information content (AvgIpc) is 3.04. The second kappa shape index (κ2) is 6.24. The van der Waals surface area contributed by atoms with Crippen molar-refractivity contribution in [2.75, 3.05) is 19.6 Å². The van der Waals surface area contributed by atoms with Gasteiger partial charge in [0.25, 0.3) is 5.91 Å². The molecule has 0 aromatic heterocycles. The Kier molecular flexibility index (Phi) is 4.36. The third-order valence-electron chi connectivity index (χ3n) is 4.61. The largest absolute Gasteiger partial charge is 0.506 e. The van der Waals surface area contributed by atoms with Gasteiger partial charge < -0.3 is 15.3 Å². The second-order valence-corrected chi connectivity index (χ2v) is 6.43. The van der Waals surface area contributed by atoms with Crippen LogP contribution < -0.4 is 5.32 Å². The van der Waals surface area contributed by atoms with Gasteiger partial charge in [0, 0.05) is 24.7 Å². The Morgan fingerprint density at radius 2 is 2.19 bits per heavy atom. The first-order valence-electron chi connectivity index (χ1n) is 7.66. The molecule has 0 aliphatic carbocycles. The van der Waals surface area contributed by atoms with Crippen LogP contribution in [0.3, 0.4) is 0 Å². The van der Waals surface area contributed by atoms with Gasteiger partial charge in [0.2, 0.25) is 0 Å². The zero-order valence-corrected chi connectivity index (χ0v) is 12.8. The molecule has 1 aromatic carbocycles. The fourth-order valence-corrected chi connectivity index (χ4v) is 3.64. The molecule has 3 rings (SSSR count). The lowest BCUT2D eigenvalue weighted by molar-refractivity contribution is 0.0651. The summed E-state index contributed by atoms with van der Waals surface area (Å²) in [7, 11) is 0. The molecule has 2 atom stereocenters. The number of benzene rings is 1. The lowest BCUT2D eigenvalue weighted by Gasteiger charge is -2.36. The standard InChI is InChI=1S/C16H21ClN2O2/c17-13-9-11(5-6-15(13)20)16(21)19-8-2-3-12(10-19)14-4-1-7-18-14/h5-6,9,12,14,18,20H,1-4,7-8,10H2. The van der Waals surface area contributed by atoms with E-state index in [-0.39, 0.29) is 16.7 Å². The predicted molar refractivity (Wildman–Crippen MR) is 82.8 cm³/mol. The van der Waals surface area contributed by atoms with E-state index >= 15 is 0 Å². The van der Waals surface area contributed by atoms with E-state index in [4.69, 9.17) is 11.6 Å². The quantitative estimate of drug-likeness (QED) is 0.883. The highest BCUT2D eigenvalue weighted by atomic mass is 35.5. The number of phenols is 1. The molecular formula is C16H21ClN2O2. The molecular weight excluding hydrogens is 288 g/mol. The topological polar surface area (TPSA) is 52.6 Å². The number of amides is 1. The van der Waals surface area contributed by atoms with Gasteiger partial charge in [-0.05, 0) is 56.3 Å². The molecule has 2 unspecified atom stereocenters. The van der Waals surface area contributed by atoms with Gasteiger partial charge >= 0.3 is 0 Å². The van der Waals surface area contributed by atoms with Crippen molar-refractivity contribution in [1.29, 1.82) is 0 Å². The highest BCUT2D eigenvalue weighted by Crippen LogP contribution is 2.28. The number of halogens is 1. The van der Waals surface area contributed by atoms with E-state index in [1.165, 1.54) is 25.3 Å². The van der Waals surface area contributed by atoms with Crippen LogP contribution in [-0.4, -0.2) is 41.6 Å². The number of carbonyl (C=O) groups excluding carboxylic acids is 1. The Morgan fingerprint density at radius 3 is 2.90 bits per heavy atom. The maximum atomic E-state index is 12.6. The Labute approximate surface area is 130 Å². The summed E-state index contributed by atoms with van der Waals surface area (Å²) in [5.41, 5.74) is 0.554. The van der Waals surface area contributed by atoms with E-state index in [1.807, 2.05) is 4.90 Å². The number of piperidine rings is 1. The molecule has 2 N–H and O–H groups in total. The maximum absolute atomic E-state index is 12.6. The number of nitrogens with one attached hydrogen (secondary N) is 1. The van der Waals surface area contributed by atoms with E-state index in [0.29, 0.717) is 17.5 Å². The highest BCUT2D eigenvalue weighted by molar-refractivity contribution is 6.32. The number of hydrogen-bond donors (Lipinski definition) is 2. The zero-order chi connectivity index (χ0) is 14.8. The van der Waals surface area contributed by atoms with Gasteiger partial charge in [-0.3, -0.25) is 4.79 Å². The van der Waals surface area contributed by atoms with Gasteiger partial charge in [-0.25, -0.2) is 0 Å². The highest BCUT2D eigenvalue weighted by Gasteiger charge is 2.31. The van der Waals surface area contributed by atoms with Crippen LogP contribution in [0, 0.1) is 5.92 Å². The number of carbonyl (C=O) groups is 1. The van der Waals surface area contributed by atoms with Crippen LogP contribution in [0.1, 0.15) is 36.0 Å². The fraction of sp³-hybridized carbons (Fsp3) is 0.562. The minimum absolute atomic E-state index is 0.0135. The van der Waals surface area contributed by atoms with Gasteiger partial charge in [0.1, 0.15) is 5.75 Å². The summed E-state index contributed by atoms with van der Waals surface area (Å²) in [6.45, 7) is 2.72. The van der Waals surface area contributed by atoms with Gasteiger partial charge in [-0.15, -0.1) is 0 Å². The molecule has 0 radical (unpaired) electrons. The Bertz CT molecular complexity index is 529. The minimum Gasteiger partial charge on any atom is -0.506 e. The lowest BCUT2D eigenvalue weighted by atomic mass is 9.89. The van der Waals surface area contributed by atoms with Crippen molar-refractivity contribution >= 4 is 17.5 Å². The van der Waals surface area contributed by atoms with Gasteiger partial charge in [0.15, 0.2) is 0 Å².